The zero-order valence-corrected chi connectivity index (χ0v) is 8.65. The summed E-state index contributed by atoms with van der Waals surface area (Å²) in [4.78, 5) is 0. The third-order valence-corrected chi connectivity index (χ3v) is 2.43. The normalized spacial score (nSPS) is 17.9. The first kappa shape index (κ1) is 10.4. The minimum absolute atomic E-state index is 0.316. The molecule has 1 fully saturated rings. The number of benzene rings is 1. The monoisotopic (exact) mass is 208 g/mol. The number of phenolic OH excluding ortho intramolecular Hbond substituents is 1. The molecule has 0 unspecified atom stereocenters. The molecule has 0 aromatic heterocycles. The highest BCUT2D eigenvalue weighted by Gasteiger charge is 2.08. The molecule has 1 aromatic carbocycles. The van der Waals surface area contributed by atoms with Gasteiger partial charge in [-0.15, -0.1) is 0 Å². The minimum Gasteiger partial charge on any atom is -0.508 e. The molecule has 15 heavy (non-hydrogen) atoms. The third-order valence-electron chi connectivity index (χ3n) is 2.43. The third kappa shape index (κ3) is 3.20. The molecule has 0 aliphatic carbocycles. The Hall–Kier alpha value is -1.10. The van der Waals surface area contributed by atoms with Crippen molar-refractivity contribution in [1.82, 2.24) is 10.4 Å². The summed E-state index contributed by atoms with van der Waals surface area (Å²) < 4.78 is 5.25. The predicted molar refractivity (Wildman–Crippen MR) is 57.3 cm³/mol. The van der Waals surface area contributed by atoms with Gasteiger partial charge in [-0.3, -0.25) is 5.43 Å². The topological polar surface area (TPSA) is 44.7 Å². The highest BCUT2D eigenvalue weighted by Crippen LogP contribution is 2.10. The predicted octanol–water partition coefficient (Wildman–Crippen LogP) is 0.729. The molecule has 2 rings (SSSR count). The van der Waals surface area contributed by atoms with Gasteiger partial charge in [-0.05, 0) is 17.7 Å². The highest BCUT2D eigenvalue weighted by molar-refractivity contribution is 5.26. The van der Waals surface area contributed by atoms with E-state index in [0.717, 1.165) is 38.4 Å². The van der Waals surface area contributed by atoms with Gasteiger partial charge in [0.2, 0.25) is 0 Å². The average Bonchev–Trinajstić information content (AvgIpc) is 2.28. The summed E-state index contributed by atoms with van der Waals surface area (Å²) in [5.41, 5.74) is 4.39. The smallest absolute Gasteiger partial charge is 0.115 e. The summed E-state index contributed by atoms with van der Waals surface area (Å²) in [6.07, 6.45) is 0. The van der Waals surface area contributed by atoms with E-state index in [2.05, 4.69) is 10.4 Å². The van der Waals surface area contributed by atoms with Crippen molar-refractivity contribution in [3.63, 3.8) is 0 Å². The van der Waals surface area contributed by atoms with Gasteiger partial charge in [0.05, 0.1) is 13.2 Å². The second-order valence-electron chi connectivity index (χ2n) is 3.60. The molecule has 0 saturated carbocycles. The van der Waals surface area contributed by atoms with E-state index >= 15 is 0 Å². The first-order chi connectivity index (χ1) is 7.34. The summed E-state index contributed by atoms with van der Waals surface area (Å²) >= 11 is 0. The van der Waals surface area contributed by atoms with Gasteiger partial charge in [-0.2, -0.15) is 0 Å². The molecule has 1 aliphatic rings. The molecule has 0 atom stereocenters. The van der Waals surface area contributed by atoms with Crippen LogP contribution in [0.15, 0.2) is 24.3 Å². The van der Waals surface area contributed by atoms with E-state index in [4.69, 9.17) is 4.74 Å². The number of phenols is 1. The van der Waals surface area contributed by atoms with Crippen molar-refractivity contribution in [2.75, 3.05) is 26.3 Å². The Bertz CT molecular complexity index is 311. The quantitative estimate of drug-likeness (QED) is 0.768. The summed E-state index contributed by atoms with van der Waals surface area (Å²) in [5.74, 6) is 0.316. The van der Waals surface area contributed by atoms with Crippen LogP contribution in [-0.2, 0) is 11.3 Å². The maximum Gasteiger partial charge on any atom is 0.115 e. The summed E-state index contributed by atoms with van der Waals surface area (Å²) in [6, 6.07) is 7.30. The number of ether oxygens (including phenoxy) is 1. The number of nitrogens with one attached hydrogen (secondary N) is 1. The molecule has 1 aromatic rings. The second kappa shape index (κ2) is 5.11. The Morgan fingerprint density at radius 1 is 1.33 bits per heavy atom. The molecule has 4 heteroatoms. The van der Waals surface area contributed by atoms with Crippen LogP contribution >= 0.6 is 0 Å². The molecule has 0 radical (unpaired) electrons. The molecule has 0 spiro atoms. The molecule has 0 bridgehead atoms. The van der Waals surface area contributed by atoms with Gasteiger partial charge in [0.15, 0.2) is 0 Å². The van der Waals surface area contributed by atoms with Crippen LogP contribution in [0.3, 0.4) is 0 Å². The highest BCUT2D eigenvalue weighted by atomic mass is 16.5. The van der Waals surface area contributed by atoms with Gasteiger partial charge in [-0.1, -0.05) is 12.1 Å². The fourth-order valence-corrected chi connectivity index (χ4v) is 1.59. The van der Waals surface area contributed by atoms with Gasteiger partial charge in [0.25, 0.3) is 0 Å². The van der Waals surface area contributed by atoms with Crippen LogP contribution < -0.4 is 5.43 Å². The van der Waals surface area contributed by atoms with E-state index in [9.17, 15) is 5.11 Å². The summed E-state index contributed by atoms with van der Waals surface area (Å²) in [7, 11) is 0. The van der Waals surface area contributed by atoms with E-state index in [0.29, 0.717) is 5.75 Å². The van der Waals surface area contributed by atoms with Crippen molar-refractivity contribution in [2.45, 2.75) is 6.54 Å². The molecule has 1 heterocycles. The Morgan fingerprint density at radius 3 is 2.87 bits per heavy atom. The summed E-state index contributed by atoms with van der Waals surface area (Å²) in [6.45, 7) is 4.14. The van der Waals surface area contributed by atoms with Crippen LogP contribution in [0.25, 0.3) is 0 Å². The molecule has 1 aliphatic heterocycles. The molecule has 2 N–H and O–H groups in total. The standard InChI is InChI=1S/C11H16N2O2/c14-11-3-1-2-10(8-11)9-12-13-4-6-15-7-5-13/h1-3,8,12,14H,4-7,9H2. The van der Waals surface area contributed by atoms with E-state index in [-0.39, 0.29) is 0 Å². The number of rotatable bonds is 3. The first-order valence-corrected chi connectivity index (χ1v) is 5.19. The first-order valence-electron chi connectivity index (χ1n) is 5.19. The fourth-order valence-electron chi connectivity index (χ4n) is 1.59. The van der Waals surface area contributed by atoms with Gasteiger partial charge in [-0.25, -0.2) is 5.01 Å². The molecule has 0 amide bonds. The molecule has 4 nitrogen and oxygen atoms in total. The van der Waals surface area contributed by atoms with Gasteiger partial charge in [0, 0.05) is 19.6 Å². The van der Waals surface area contributed by atoms with Gasteiger partial charge in [0.1, 0.15) is 5.75 Å². The number of aromatic hydroxyl groups is 1. The number of morpholine rings is 1. The van der Waals surface area contributed by atoms with Crippen molar-refractivity contribution in [3.05, 3.63) is 29.8 Å². The Labute approximate surface area is 89.4 Å². The molecule has 82 valence electrons. The Morgan fingerprint density at radius 2 is 2.13 bits per heavy atom. The SMILES string of the molecule is Oc1cccc(CNN2CCOCC2)c1. The van der Waals surface area contributed by atoms with Gasteiger partial charge >= 0.3 is 0 Å². The van der Waals surface area contributed by atoms with E-state index in [1.165, 1.54) is 0 Å². The largest absolute Gasteiger partial charge is 0.508 e. The van der Waals surface area contributed by atoms with Crippen molar-refractivity contribution >= 4 is 0 Å². The lowest BCUT2D eigenvalue weighted by molar-refractivity contribution is 0.0105. The van der Waals surface area contributed by atoms with E-state index < -0.39 is 0 Å². The molecular weight excluding hydrogens is 192 g/mol. The lowest BCUT2D eigenvalue weighted by Crippen LogP contribution is -2.45. The maximum absolute atomic E-state index is 9.29. The Balaban J connectivity index is 1.81. The lowest BCUT2D eigenvalue weighted by Gasteiger charge is -2.27. The van der Waals surface area contributed by atoms with Crippen molar-refractivity contribution in [3.8, 4) is 5.75 Å². The number of hydrazine groups is 1. The number of hydrogen-bond donors (Lipinski definition) is 2. The zero-order valence-electron chi connectivity index (χ0n) is 8.65. The number of nitrogens with zero attached hydrogens (tertiary/aromatic N) is 1. The van der Waals surface area contributed by atoms with Crippen LogP contribution in [0.2, 0.25) is 0 Å². The van der Waals surface area contributed by atoms with Crippen LogP contribution in [0.5, 0.6) is 5.75 Å². The van der Waals surface area contributed by atoms with Crippen LogP contribution in [-0.4, -0.2) is 36.4 Å². The van der Waals surface area contributed by atoms with E-state index in [1.54, 1.807) is 12.1 Å². The summed E-state index contributed by atoms with van der Waals surface area (Å²) in [5, 5.41) is 11.4. The molecule has 1 saturated heterocycles. The van der Waals surface area contributed by atoms with Crippen molar-refractivity contribution in [2.24, 2.45) is 0 Å². The zero-order chi connectivity index (χ0) is 10.5. The average molecular weight is 208 g/mol. The van der Waals surface area contributed by atoms with E-state index in [1.807, 2.05) is 12.1 Å². The fraction of sp³-hybridized carbons (Fsp3) is 0.455. The minimum atomic E-state index is 0.316. The Kier molecular flexibility index (Phi) is 3.55. The van der Waals surface area contributed by atoms with Crippen LogP contribution in [0.4, 0.5) is 0 Å². The van der Waals surface area contributed by atoms with Crippen molar-refractivity contribution < 1.29 is 9.84 Å². The number of hydrogen-bond acceptors (Lipinski definition) is 4. The second-order valence-corrected chi connectivity index (χ2v) is 3.60. The van der Waals surface area contributed by atoms with Crippen LogP contribution in [0.1, 0.15) is 5.56 Å². The molecular formula is C11H16N2O2. The lowest BCUT2D eigenvalue weighted by atomic mass is 10.2. The van der Waals surface area contributed by atoms with Crippen molar-refractivity contribution in [1.29, 1.82) is 0 Å². The van der Waals surface area contributed by atoms with Gasteiger partial charge < -0.3 is 9.84 Å². The maximum atomic E-state index is 9.29. The van der Waals surface area contributed by atoms with Crippen LogP contribution in [0, 0.1) is 0 Å².